The van der Waals surface area contributed by atoms with Crippen LogP contribution in [0, 0.1) is 12.7 Å². The molecule has 0 aromatic heterocycles. The van der Waals surface area contributed by atoms with Gasteiger partial charge < -0.3 is 0 Å². The fourth-order valence-electron chi connectivity index (χ4n) is 3.20. The molecule has 1 N–H and O–H groups in total. The molecular formula is C22H27FN4O. The average Bonchev–Trinajstić information content (AvgIpc) is 2.70. The van der Waals surface area contributed by atoms with Gasteiger partial charge in [-0.15, -0.1) is 0 Å². The second-order valence-electron chi connectivity index (χ2n) is 7.28. The number of hydrogen-bond donors (Lipinski definition) is 1. The highest BCUT2D eigenvalue weighted by atomic mass is 19.1. The fourth-order valence-corrected chi connectivity index (χ4v) is 3.20. The summed E-state index contributed by atoms with van der Waals surface area (Å²) in [5, 5.41) is 4.12. The molecule has 6 heteroatoms. The quantitative estimate of drug-likeness (QED) is 0.617. The van der Waals surface area contributed by atoms with Crippen molar-refractivity contribution in [3.05, 3.63) is 71.0 Å². The lowest BCUT2D eigenvalue weighted by molar-refractivity contribution is -0.122. The topological polar surface area (TPSA) is 47.9 Å². The molecule has 0 radical (unpaired) electrons. The highest BCUT2D eigenvalue weighted by Crippen LogP contribution is 2.10. The minimum atomic E-state index is -0.290. The molecule has 2 aromatic rings. The van der Waals surface area contributed by atoms with E-state index in [2.05, 4.69) is 51.5 Å². The van der Waals surface area contributed by atoms with E-state index >= 15 is 0 Å². The van der Waals surface area contributed by atoms with Crippen molar-refractivity contribution >= 4 is 11.6 Å². The second kappa shape index (κ2) is 9.57. The van der Waals surface area contributed by atoms with Crippen LogP contribution in [0.25, 0.3) is 0 Å². The Balaban J connectivity index is 1.41. The van der Waals surface area contributed by atoms with Crippen molar-refractivity contribution < 1.29 is 9.18 Å². The summed E-state index contributed by atoms with van der Waals surface area (Å²) in [5.41, 5.74) is 6.63. The molecule has 1 amide bonds. The smallest absolute Gasteiger partial charge is 0.254 e. The van der Waals surface area contributed by atoms with Gasteiger partial charge in [0.1, 0.15) is 5.82 Å². The van der Waals surface area contributed by atoms with Crippen molar-refractivity contribution in [2.75, 3.05) is 32.7 Å². The highest BCUT2D eigenvalue weighted by Gasteiger charge is 2.19. The van der Waals surface area contributed by atoms with Crippen LogP contribution in [0.5, 0.6) is 0 Å². The predicted octanol–water partition coefficient (Wildman–Crippen LogP) is 2.79. The van der Waals surface area contributed by atoms with Gasteiger partial charge in [0.2, 0.25) is 0 Å². The van der Waals surface area contributed by atoms with Gasteiger partial charge in [-0.3, -0.25) is 14.6 Å². The van der Waals surface area contributed by atoms with Crippen LogP contribution in [-0.4, -0.2) is 54.1 Å². The molecule has 1 heterocycles. The Kier molecular flexibility index (Phi) is 6.90. The van der Waals surface area contributed by atoms with Crippen LogP contribution in [-0.2, 0) is 11.3 Å². The molecule has 5 nitrogen and oxygen atoms in total. The summed E-state index contributed by atoms with van der Waals surface area (Å²) >= 11 is 0. The molecule has 0 unspecified atom stereocenters. The van der Waals surface area contributed by atoms with E-state index in [4.69, 9.17) is 0 Å². The van der Waals surface area contributed by atoms with E-state index in [9.17, 15) is 9.18 Å². The van der Waals surface area contributed by atoms with Gasteiger partial charge in [-0.2, -0.15) is 5.10 Å². The van der Waals surface area contributed by atoms with Gasteiger partial charge in [0.15, 0.2) is 0 Å². The number of carbonyl (C=O) groups excluding carboxylic acids is 1. The lowest BCUT2D eigenvalue weighted by Crippen LogP contribution is -2.48. The minimum Gasteiger partial charge on any atom is -0.297 e. The van der Waals surface area contributed by atoms with Gasteiger partial charge in [0.25, 0.3) is 5.91 Å². The molecule has 1 aliphatic heterocycles. The van der Waals surface area contributed by atoms with Crippen LogP contribution in [0.1, 0.15) is 23.6 Å². The van der Waals surface area contributed by atoms with Crippen molar-refractivity contribution in [3.63, 3.8) is 0 Å². The second-order valence-corrected chi connectivity index (χ2v) is 7.28. The Bertz CT molecular complexity index is 809. The standard InChI is InChI=1S/C22H27FN4O/c1-17-3-5-19(6-4-17)15-26-11-13-27(14-12-26)16-22(28)25-24-18(2)20-7-9-21(23)10-8-20/h3-10H,11-16H2,1-2H3,(H,25,28)/b24-18+. The van der Waals surface area contributed by atoms with E-state index in [-0.39, 0.29) is 11.7 Å². The molecule has 2 aromatic carbocycles. The van der Waals surface area contributed by atoms with Gasteiger partial charge in [0.05, 0.1) is 12.3 Å². The van der Waals surface area contributed by atoms with E-state index in [1.807, 2.05) is 0 Å². The Labute approximate surface area is 165 Å². The van der Waals surface area contributed by atoms with Gasteiger partial charge in [-0.1, -0.05) is 42.0 Å². The maximum Gasteiger partial charge on any atom is 0.254 e. The number of piperazine rings is 1. The van der Waals surface area contributed by atoms with Crippen LogP contribution >= 0.6 is 0 Å². The monoisotopic (exact) mass is 382 g/mol. The fraction of sp³-hybridized carbons (Fsp3) is 0.364. The van der Waals surface area contributed by atoms with E-state index in [1.54, 1.807) is 19.1 Å². The molecule has 1 saturated heterocycles. The molecule has 0 atom stereocenters. The molecule has 0 bridgehead atoms. The first-order valence-corrected chi connectivity index (χ1v) is 9.59. The van der Waals surface area contributed by atoms with Crippen LogP contribution in [0.15, 0.2) is 53.6 Å². The largest absolute Gasteiger partial charge is 0.297 e. The maximum atomic E-state index is 13.0. The zero-order valence-electron chi connectivity index (χ0n) is 16.5. The third-order valence-electron chi connectivity index (χ3n) is 4.97. The molecule has 1 aliphatic rings. The number of hydrogen-bond acceptors (Lipinski definition) is 4. The lowest BCUT2D eigenvalue weighted by atomic mass is 10.1. The molecule has 1 fully saturated rings. The first-order chi connectivity index (χ1) is 13.5. The zero-order valence-corrected chi connectivity index (χ0v) is 16.5. The zero-order chi connectivity index (χ0) is 19.9. The number of hydrazone groups is 1. The SMILES string of the molecule is C/C(=N\NC(=O)CN1CCN(Cc2ccc(C)cc2)CC1)c1ccc(F)cc1. The summed E-state index contributed by atoms with van der Waals surface area (Å²) in [4.78, 5) is 16.7. The van der Waals surface area contributed by atoms with E-state index in [0.717, 1.165) is 38.3 Å². The third kappa shape index (κ3) is 5.97. The summed E-state index contributed by atoms with van der Waals surface area (Å²) in [6, 6.07) is 14.7. The molecule has 0 spiro atoms. The first-order valence-electron chi connectivity index (χ1n) is 9.59. The van der Waals surface area contributed by atoms with E-state index in [1.165, 1.54) is 23.3 Å². The summed E-state index contributed by atoms with van der Waals surface area (Å²) in [6.45, 7) is 8.77. The summed E-state index contributed by atoms with van der Waals surface area (Å²) in [5.74, 6) is -0.421. The van der Waals surface area contributed by atoms with Gasteiger partial charge in [-0.25, -0.2) is 9.82 Å². The maximum absolute atomic E-state index is 13.0. The number of rotatable bonds is 6. The average molecular weight is 382 g/mol. The van der Waals surface area contributed by atoms with Crippen molar-refractivity contribution in [2.24, 2.45) is 5.10 Å². The Morgan fingerprint density at radius 1 is 1.00 bits per heavy atom. The van der Waals surface area contributed by atoms with Crippen molar-refractivity contribution in [1.29, 1.82) is 0 Å². The number of nitrogens with one attached hydrogen (secondary N) is 1. The number of aryl methyl sites for hydroxylation is 1. The third-order valence-corrected chi connectivity index (χ3v) is 4.97. The number of halogens is 1. The predicted molar refractivity (Wildman–Crippen MR) is 110 cm³/mol. The Morgan fingerprint density at radius 3 is 2.25 bits per heavy atom. The molecule has 3 rings (SSSR count). The Hall–Kier alpha value is -2.57. The number of benzene rings is 2. The van der Waals surface area contributed by atoms with Crippen LogP contribution in [0.4, 0.5) is 4.39 Å². The van der Waals surface area contributed by atoms with E-state index < -0.39 is 0 Å². The van der Waals surface area contributed by atoms with Crippen LogP contribution < -0.4 is 5.43 Å². The number of nitrogens with zero attached hydrogens (tertiary/aromatic N) is 3. The molecule has 0 saturated carbocycles. The van der Waals surface area contributed by atoms with Crippen LogP contribution in [0.2, 0.25) is 0 Å². The molecule has 148 valence electrons. The minimum absolute atomic E-state index is 0.131. The normalized spacial score (nSPS) is 16.2. The van der Waals surface area contributed by atoms with Crippen LogP contribution in [0.3, 0.4) is 0 Å². The number of carbonyl (C=O) groups is 1. The first kappa shape index (κ1) is 20.2. The van der Waals surface area contributed by atoms with Crippen molar-refractivity contribution in [3.8, 4) is 0 Å². The molecule has 28 heavy (non-hydrogen) atoms. The van der Waals surface area contributed by atoms with E-state index in [0.29, 0.717) is 12.3 Å². The van der Waals surface area contributed by atoms with Gasteiger partial charge in [0, 0.05) is 32.7 Å². The van der Waals surface area contributed by atoms with Crippen molar-refractivity contribution in [1.82, 2.24) is 15.2 Å². The molecular weight excluding hydrogens is 355 g/mol. The number of amides is 1. The lowest BCUT2D eigenvalue weighted by Gasteiger charge is -2.34. The van der Waals surface area contributed by atoms with Gasteiger partial charge >= 0.3 is 0 Å². The Morgan fingerprint density at radius 2 is 1.61 bits per heavy atom. The highest BCUT2D eigenvalue weighted by molar-refractivity contribution is 5.99. The summed E-state index contributed by atoms with van der Waals surface area (Å²) < 4.78 is 13.0. The van der Waals surface area contributed by atoms with Gasteiger partial charge in [-0.05, 0) is 37.1 Å². The summed E-state index contributed by atoms with van der Waals surface area (Å²) in [7, 11) is 0. The summed E-state index contributed by atoms with van der Waals surface area (Å²) in [6.07, 6.45) is 0. The molecule has 0 aliphatic carbocycles. The van der Waals surface area contributed by atoms with Crippen molar-refractivity contribution in [2.45, 2.75) is 20.4 Å².